The summed E-state index contributed by atoms with van der Waals surface area (Å²) in [5, 5.41) is 10.2. The van der Waals surface area contributed by atoms with Crippen molar-refractivity contribution < 1.29 is 23.1 Å². The zero-order valence-corrected chi connectivity index (χ0v) is 21.3. The molecule has 0 bridgehead atoms. The van der Waals surface area contributed by atoms with Gasteiger partial charge in [-0.15, -0.1) is 0 Å². The maximum absolute atomic E-state index is 13.7. The lowest BCUT2D eigenvalue weighted by molar-refractivity contribution is 0.0991. The predicted molar refractivity (Wildman–Crippen MR) is 131 cm³/mol. The molecule has 1 aromatic heterocycles. The third kappa shape index (κ3) is 5.04. The molecule has 1 N–H and O–H groups in total. The zero-order chi connectivity index (χ0) is 24.6. The molecule has 0 saturated carbocycles. The number of aromatic nitrogens is 1. The van der Waals surface area contributed by atoms with Crippen molar-refractivity contribution in [2.24, 2.45) is 11.8 Å². The lowest BCUT2D eigenvalue weighted by atomic mass is 9.94. The third-order valence-corrected chi connectivity index (χ3v) is 8.48. The van der Waals surface area contributed by atoms with E-state index >= 15 is 0 Å². The molecule has 0 spiro atoms. The summed E-state index contributed by atoms with van der Waals surface area (Å²) in [6.45, 7) is 4.46. The van der Waals surface area contributed by atoms with Gasteiger partial charge >= 0.3 is 10.2 Å². The second kappa shape index (κ2) is 9.99. The normalized spacial score (nSPS) is 23.3. The van der Waals surface area contributed by atoms with Gasteiger partial charge in [0.2, 0.25) is 0 Å². The van der Waals surface area contributed by atoms with Crippen molar-refractivity contribution >= 4 is 45.0 Å². The highest BCUT2D eigenvalue weighted by atomic mass is 35.5. The van der Waals surface area contributed by atoms with Crippen molar-refractivity contribution in [3.8, 4) is 5.75 Å². The van der Waals surface area contributed by atoms with Gasteiger partial charge < -0.3 is 9.84 Å². The number of carbonyl (C=O) groups excluding carboxylic acids is 1. The van der Waals surface area contributed by atoms with E-state index in [2.05, 4.69) is 4.98 Å². The molecule has 3 atom stereocenters. The van der Waals surface area contributed by atoms with E-state index in [1.807, 2.05) is 13.8 Å². The summed E-state index contributed by atoms with van der Waals surface area (Å²) in [4.78, 5) is 17.4. The highest BCUT2D eigenvalue weighted by Gasteiger charge is 2.40. The summed E-state index contributed by atoms with van der Waals surface area (Å²) in [6, 6.07) is 7.98. The van der Waals surface area contributed by atoms with Crippen LogP contribution in [0.5, 0.6) is 5.75 Å². The van der Waals surface area contributed by atoms with Crippen LogP contribution in [0.25, 0.3) is 0 Å². The first-order chi connectivity index (χ1) is 16.1. The molecule has 8 nitrogen and oxygen atoms in total. The molecule has 4 rings (SSSR count). The Hall–Kier alpha value is -1.91. The zero-order valence-electron chi connectivity index (χ0n) is 18.9. The van der Waals surface area contributed by atoms with Gasteiger partial charge in [0.15, 0.2) is 17.4 Å². The van der Waals surface area contributed by atoms with E-state index in [4.69, 9.17) is 27.9 Å². The molecule has 0 amide bonds. The molecule has 2 aliphatic heterocycles. The van der Waals surface area contributed by atoms with Gasteiger partial charge in [-0.05, 0) is 42.5 Å². The van der Waals surface area contributed by atoms with Gasteiger partial charge in [0.25, 0.3) is 0 Å². The summed E-state index contributed by atoms with van der Waals surface area (Å²) in [5.41, 5.74) is 0.550. The van der Waals surface area contributed by atoms with Crippen molar-refractivity contribution in [2.75, 3.05) is 30.5 Å². The number of anilines is 1. The Morgan fingerprint density at radius 2 is 1.76 bits per heavy atom. The van der Waals surface area contributed by atoms with E-state index in [0.717, 1.165) is 6.42 Å². The minimum absolute atomic E-state index is 0.0775. The molecule has 2 aromatic rings. The number of piperidine rings is 1. The van der Waals surface area contributed by atoms with Crippen LogP contribution < -0.4 is 9.04 Å². The molecular formula is C23H27Cl2N3O5S. The van der Waals surface area contributed by atoms with Gasteiger partial charge in [0.1, 0.15) is 6.10 Å². The first-order valence-electron chi connectivity index (χ1n) is 11.1. The highest BCUT2D eigenvalue weighted by Crippen LogP contribution is 2.36. The second-order valence-electron chi connectivity index (χ2n) is 9.05. The predicted octanol–water partition coefficient (Wildman–Crippen LogP) is 3.60. The molecule has 0 radical (unpaired) electrons. The molecule has 0 unspecified atom stereocenters. The van der Waals surface area contributed by atoms with E-state index in [9.17, 15) is 18.3 Å². The molecule has 1 aromatic carbocycles. The van der Waals surface area contributed by atoms with Gasteiger partial charge in [-0.2, -0.15) is 12.7 Å². The second-order valence-corrected chi connectivity index (χ2v) is 11.7. The quantitative estimate of drug-likeness (QED) is 0.576. The van der Waals surface area contributed by atoms with Gasteiger partial charge in [-0.25, -0.2) is 9.29 Å². The number of hydrogen-bond acceptors (Lipinski definition) is 6. The van der Waals surface area contributed by atoms with Crippen LogP contribution in [0.1, 0.15) is 36.3 Å². The van der Waals surface area contributed by atoms with Crippen molar-refractivity contribution in [1.29, 1.82) is 0 Å². The number of nitrogens with zero attached hydrogens (tertiary/aromatic N) is 3. The maximum atomic E-state index is 13.7. The van der Waals surface area contributed by atoms with Gasteiger partial charge in [0.05, 0.1) is 40.9 Å². The topological polar surface area (TPSA) is 100 Å². The van der Waals surface area contributed by atoms with Crippen LogP contribution in [0.15, 0.2) is 30.3 Å². The lowest BCUT2D eigenvalue weighted by Gasteiger charge is -2.40. The molecule has 3 heterocycles. The molecule has 2 aliphatic rings. The largest absolute Gasteiger partial charge is 0.482 e. The summed E-state index contributed by atoms with van der Waals surface area (Å²) in [7, 11) is -3.93. The SMILES string of the molecule is C[C@@H]1C[C@H](C)CN(S(=O)(=O)N2C[C@H](CO)Oc3ccc(CC(=O)c4c(Cl)cccc4Cl)nc32)C1. The maximum Gasteiger partial charge on any atom is 0.305 e. The Balaban J connectivity index is 1.68. The number of halogens is 2. The van der Waals surface area contributed by atoms with Crippen molar-refractivity contribution in [3.63, 3.8) is 0 Å². The first kappa shape index (κ1) is 25.2. The molecule has 1 saturated heterocycles. The number of ketones is 1. The van der Waals surface area contributed by atoms with Gasteiger partial charge in [0, 0.05) is 13.1 Å². The summed E-state index contributed by atoms with van der Waals surface area (Å²) in [5.74, 6) is 0.459. The minimum Gasteiger partial charge on any atom is -0.482 e. The molecule has 184 valence electrons. The monoisotopic (exact) mass is 527 g/mol. The molecule has 1 fully saturated rings. The van der Waals surface area contributed by atoms with Crippen LogP contribution >= 0.6 is 23.2 Å². The number of carbonyl (C=O) groups is 1. The van der Waals surface area contributed by atoms with E-state index in [0.29, 0.717) is 18.8 Å². The minimum atomic E-state index is -3.93. The number of fused-ring (bicyclic) bond motifs is 1. The number of aliphatic hydroxyl groups is 1. The Morgan fingerprint density at radius 1 is 1.12 bits per heavy atom. The third-order valence-electron chi connectivity index (χ3n) is 6.02. The molecular weight excluding hydrogens is 501 g/mol. The number of rotatable bonds is 6. The Labute approximate surface area is 209 Å². The van der Waals surface area contributed by atoms with E-state index < -0.39 is 16.3 Å². The van der Waals surface area contributed by atoms with Crippen LogP contribution in [0, 0.1) is 11.8 Å². The van der Waals surface area contributed by atoms with Gasteiger partial charge in [-0.1, -0.05) is 43.1 Å². The van der Waals surface area contributed by atoms with Crippen LogP contribution in [0.4, 0.5) is 5.82 Å². The van der Waals surface area contributed by atoms with Crippen LogP contribution in [-0.4, -0.2) is 60.9 Å². The number of ether oxygens (including phenoxy) is 1. The Bertz CT molecular complexity index is 1160. The fourth-order valence-electron chi connectivity index (χ4n) is 4.58. The van der Waals surface area contributed by atoms with Crippen molar-refractivity contribution in [1.82, 2.24) is 9.29 Å². The summed E-state index contributed by atoms with van der Waals surface area (Å²) < 4.78 is 35.8. The standard InChI is InChI=1S/C23H27Cl2N3O5S/c1-14-8-15(2)11-27(10-14)34(31,32)28-12-17(13-29)33-21-7-6-16(26-23(21)28)9-20(30)22-18(24)4-3-5-19(22)25/h3-7,14-15,17,29H,8-13H2,1-2H3/t14-,15+,17-/m1/s1. The number of benzene rings is 1. The highest BCUT2D eigenvalue weighted by molar-refractivity contribution is 7.90. The smallest absolute Gasteiger partial charge is 0.305 e. The summed E-state index contributed by atoms with van der Waals surface area (Å²) >= 11 is 12.3. The first-order valence-corrected chi connectivity index (χ1v) is 13.3. The number of hydrogen-bond donors (Lipinski definition) is 1. The molecule has 0 aliphatic carbocycles. The van der Waals surface area contributed by atoms with E-state index in [1.165, 1.54) is 8.61 Å². The summed E-state index contributed by atoms with van der Waals surface area (Å²) in [6.07, 6.45) is 0.115. The molecule has 11 heteroatoms. The van der Waals surface area contributed by atoms with E-state index in [-0.39, 0.29) is 64.4 Å². The fourth-order valence-corrected chi connectivity index (χ4v) is 7.06. The molecule has 34 heavy (non-hydrogen) atoms. The van der Waals surface area contributed by atoms with Crippen molar-refractivity contribution in [3.05, 3.63) is 51.6 Å². The Kier molecular flexibility index (Phi) is 7.40. The van der Waals surface area contributed by atoms with Gasteiger partial charge in [-0.3, -0.25) is 4.79 Å². The number of Topliss-reactive ketones (excluding diaryl/α,β-unsaturated/α-hetero) is 1. The number of pyridine rings is 1. The van der Waals surface area contributed by atoms with Crippen LogP contribution in [0.3, 0.4) is 0 Å². The lowest BCUT2D eigenvalue weighted by Crippen LogP contribution is -2.54. The van der Waals surface area contributed by atoms with Crippen LogP contribution in [-0.2, 0) is 16.6 Å². The van der Waals surface area contributed by atoms with Crippen molar-refractivity contribution in [2.45, 2.75) is 32.8 Å². The average Bonchev–Trinajstić information content (AvgIpc) is 2.77. The fraction of sp³-hybridized carbons (Fsp3) is 0.478. The average molecular weight is 528 g/mol. The Morgan fingerprint density at radius 3 is 2.38 bits per heavy atom. The number of aliphatic hydroxyl groups excluding tert-OH is 1. The van der Waals surface area contributed by atoms with Crippen LogP contribution in [0.2, 0.25) is 10.0 Å². The van der Waals surface area contributed by atoms with E-state index in [1.54, 1.807) is 30.3 Å².